The fourth-order valence-corrected chi connectivity index (χ4v) is 1.12. The molecule has 1 unspecified atom stereocenters. The van der Waals surface area contributed by atoms with Crippen molar-refractivity contribution in [2.45, 2.75) is 32.7 Å². The van der Waals surface area contributed by atoms with Crippen LogP contribution in [0.4, 0.5) is 5.82 Å². The summed E-state index contributed by atoms with van der Waals surface area (Å²) in [7, 11) is 0. The molecule has 0 aliphatic heterocycles. The van der Waals surface area contributed by atoms with Gasteiger partial charge in [-0.05, 0) is 31.9 Å². The van der Waals surface area contributed by atoms with E-state index in [1.54, 1.807) is 6.20 Å². The predicted molar refractivity (Wildman–Crippen MR) is 58.1 cm³/mol. The van der Waals surface area contributed by atoms with Crippen molar-refractivity contribution < 1.29 is 0 Å². The molecular weight excluding hydrogens is 176 g/mol. The van der Waals surface area contributed by atoms with Gasteiger partial charge < -0.3 is 11.1 Å². The summed E-state index contributed by atoms with van der Waals surface area (Å²) in [5.74, 6) is 0.791. The molecule has 4 heteroatoms. The molecule has 3 N–H and O–H groups in total. The molecule has 0 saturated carbocycles. The van der Waals surface area contributed by atoms with Crippen molar-refractivity contribution in [3.05, 3.63) is 17.8 Å². The first-order valence-electron chi connectivity index (χ1n) is 4.87. The van der Waals surface area contributed by atoms with E-state index in [0.717, 1.165) is 17.8 Å². The number of aryl methyl sites for hydroxylation is 1. The van der Waals surface area contributed by atoms with Crippen molar-refractivity contribution in [3.63, 3.8) is 0 Å². The summed E-state index contributed by atoms with van der Waals surface area (Å²) >= 11 is 0. The van der Waals surface area contributed by atoms with Crippen molar-refractivity contribution in [2.75, 3.05) is 11.9 Å². The van der Waals surface area contributed by atoms with Gasteiger partial charge in [-0.2, -0.15) is 5.10 Å². The molecule has 1 aromatic heterocycles. The van der Waals surface area contributed by atoms with Gasteiger partial charge in [-0.15, -0.1) is 5.10 Å². The van der Waals surface area contributed by atoms with Crippen LogP contribution in [0.1, 0.15) is 25.8 Å². The number of nitrogens with one attached hydrogen (secondary N) is 1. The fourth-order valence-electron chi connectivity index (χ4n) is 1.12. The minimum absolute atomic E-state index is 0.0948. The summed E-state index contributed by atoms with van der Waals surface area (Å²) in [5.41, 5.74) is 6.69. The van der Waals surface area contributed by atoms with E-state index in [0.29, 0.717) is 6.54 Å². The Kier molecular flexibility index (Phi) is 3.41. The number of rotatable bonds is 4. The summed E-state index contributed by atoms with van der Waals surface area (Å²) in [6.45, 7) is 6.75. The zero-order valence-electron chi connectivity index (χ0n) is 9.04. The van der Waals surface area contributed by atoms with Gasteiger partial charge in [0, 0.05) is 12.1 Å². The van der Waals surface area contributed by atoms with E-state index in [4.69, 9.17) is 5.73 Å². The third-order valence-electron chi connectivity index (χ3n) is 2.45. The fraction of sp³-hybridized carbons (Fsp3) is 0.600. The Labute approximate surface area is 84.9 Å². The molecule has 0 amide bonds. The largest absolute Gasteiger partial charge is 0.362 e. The molecule has 0 saturated heterocycles. The molecule has 4 nitrogen and oxygen atoms in total. The lowest BCUT2D eigenvalue weighted by Crippen LogP contribution is -2.42. The summed E-state index contributed by atoms with van der Waals surface area (Å²) in [5, 5.41) is 11.2. The van der Waals surface area contributed by atoms with Gasteiger partial charge in [-0.1, -0.05) is 6.92 Å². The molecule has 1 heterocycles. The molecule has 0 fully saturated rings. The molecule has 0 aliphatic rings. The van der Waals surface area contributed by atoms with Crippen molar-refractivity contribution in [1.29, 1.82) is 0 Å². The molecule has 78 valence electrons. The van der Waals surface area contributed by atoms with E-state index >= 15 is 0 Å². The highest BCUT2D eigenvalue weighted by Gasteiger charge is 2.19. The maximum Gasteiger partial charge on any atom is 0.149 e. The number of anilines is 1. The van der Waals surface area contributed by atoms with Gasteiger partial charge in [0.15, 0.2) is 0 Å². The van der Waals surface area contributed by atoms with Gasteiger partial charge in [0.2, 0.25) is 0 Å². The van der Waals surface area contributed by atoms with Crippen LogP contribution >= 0.6 is 0 Å². The lowest BCUT2D eigenvalue weighted by atomic mass is 9.99. The van der Waals surface area contributed by atoms with Gasteiger partial charge in [0.25, 0.3) is 0 Å². The molecule has 0 radical (unpaired) electrons. The van der Waals surface area contributed by atoms with Crippen LogP contribution in [0.3, 0.4) is 0 Å². The Bertz CT molecular complexity index is 294. The van der Waals surface area contributed by atoms with E-state index in [1.165, 1.54) is 0 Å². The van der Waals surface area contributed by atoms with Crippen LogP contribution in [0, 0.1) is 6.92 Å². The van der Waals surface area contributed by atoms with Gasteiger partial charge in [0.1, 0.15) is 5.82 Å². The van der Waals surface area contributed by atoms with Crippen molar-refractivity contribution in [2.24, 2.45) is 5.73 Å². The van der Waals surface area contributed by atoms with Crippen LogP contribution in [0.25, 0.3) is 0 Å². The molecule has 0 spiro atoms. The molecule has 1 aromatic rings. The second kappa shape index (κ2) is 4.37. The smallest absolute Gasteiger partial charge is 0.149 e. The molecule has 0 bridgehead atoms. The highest BCUT2D eigenvalue weighted by atomic mass is 15.2. The van der Waals surface area contributed by atoms with E-state index < -0.39 is 0 Å². The first-order valence-corrected chi connectivity index (χ1v) is 4.87. The Morgan fingerprint density at radius 3 is 2.79 bits per heavy atom. The summed E-state index contributed by atoms with van der Waals surface area (Å²) in [4.78, 5) is 0. The third kappa shape index (κ3) is 2.67. The normalized spacial score (nSPS) is 14.9. The Morgan fingerprint density at radius 2 is 2.29 bits per heavy atom. The Hall–Kier alpha value is -1.16. The first-order chi connectivity index (χ1) is 6.59. The maximum atomic E-state index is 5.69. The predicted octanol–water partition coefficient (Wildman–Crippen LogP) is 1.32. The molecular formula is C10H18N4. The maximum absolute atomic E-state index is 5.69. The highest BCUT2D eigenvalue weighted by molar-refractivity contribution is 5.38. The van der Waals surface area contributed by atoms with Crippen LogP contribution < -0.4 is 11.1 Å². The van der Waals surface area contributed by atoms with Crippen LogP contribution in [0.5, 0.6) is 0 Å². The average Bonchev–Trinajstić information content (AvgIpc) is 2.18. The summed E-state index contributed by atoms with van der Waals surface area (Å²) in [6.07, 6.45) is 2.69. The van der Waals surface area contributed by atoms with Crippen molar-refractivity contribution in [1.82, 2.24) is 10.2 Å². The number of nitrogens with two attached hydrogens (primary N) is 1. The first kappa shape index (κ1) is 10.9. The van der Waals surface area contributed by atoms with E-state index in [9.17, 15) is 0 Å². The number of aromatic nitrogens is 2. The molecule has 0 aromatic carbocycles. The Balaban J connectivity index is 2.77. The molecule has 1 atom stereocenters. The second-order valence-corrected chi connectivity index (χ2v) is 3.86. The number of hydrogen-bond acceptors (Lipinski definition) is 4. The van der Waals surface area contributed by atoms with E-state index in [2.05, 4.69) is 29.4 Å². The number of hydrogen-bond donors (Lipinski definition) is 2. The average molecular weight is 194 g/mol. The second-order valence-electron chi connectivity index (χ2n) is 3.86. The summed E-state index contributed by atoms with van der Waals surface area (Å²) < 4.78 is 0. The standard InChI is InChI=1S/C10H18N4/c1-4-10(3,7-11)13-9-5-8(2)6-12-14-9/h5-6H,4,7,11H2,1-3H3,(H,13,14). The monoisotopic (exact) mass is 194 g/mol. The minimum Gasteiger partial charge on any atom is -0.362 e. The lowest BCUT2D eigenvalue weighted by molar-refractivity contribution is 0.503. The number of nitrogens with zero attached hydrogens (tertiary/aromatic N) is 2. The quantitative estimate of drug-likeness (QED) is 0.759. The zero-order chi connectivity index (χ0) is 10.6. The third-order valence-corrected chi connectivity index (χ3v) is 2.45. The summed E-state index contributed by atoms with van der Waals surface area (Å²) in [6, 6.07) is 1.97. The van der Waals surface area contributed by atoms with Crippen LogP contribution in [0.2, 0.25) is 0 Å². The van der Waals surface area contributed by atoms with Crippen LogP contribution in [-0.4, -0.2) is 22.3 Å². The molecule has 1 rings (SSSR count). The van der Waals surface area contributed by atoms with E-state index in [1.807, 2.05) is 13.0 Å². The Morgan fingerprint density at radius 1 is 1.57 bits per heavy atom. The van der Waals surface area contributed by atoms with Crippen LogP contribution in [-0.2, 0) is 0 Å². The SMILES string of the molecule is CCC(C)(CN)Nc1cc(C)cnn1. The van der Waals surface area contributed by atoms with Crippen LogP contribution in [0.15, 0.2) is 12.3 Å². The van der Waals surface area contributed by atoms with Crippen molar-refractivity contribution >= 4 is 5.82 Å². The molecule has 0 aliphatic carbocycles. The lowest BCUT2D eigenvalue weighted by Gasteiger charge is -2.28. The van der Waals surface area contributed by atoms with Gasteiger partial charge >= 0.3 is 0 Å². The minimum atomic E-state index is -0.0948. The topological polar surface area (TPSA) is 63.8 Å². The zero-order valence-corrected chi connectivity index (χ0v) is 9.04. The van der Waals surface area contributed by atoms with E-state index in [-0.39, 0.29) is 5.54 Å². The molecule has 14 heavy (non-hydrogen) atoms. The van der Waals surface area contributed by atoms with Gasteiger partial charge in [0.05, 0.1) is 6.20 Å². The van der Waals surface area contributed by atoms with Gasteiger partial charge in [-0.25, -0.2) is 0 Å². The van der Waals surface area contributed by atoms with Gasteiger partial charge in [-0.3, -0.25) is 0 Å². The highest BCUT2D eigenvalue weighted by Crippen LogP contribution is 2.15. The van der Waals surface area contributed by atoms with Crippen molar-refractivity contribution in [3.8, 4) is 0 Å².